The summed E-state index contributed by atoms with van der Waals surface area (Å²) >= 11 is 0. The lowest BCUT2D eigenvalue weighted by atomic mass is 10.2. The molecule has 0 unspecified atom stereocenters. The Balaban J connectivity index is 0.00000450. The van der Waals surface area contributed by atoms with E-state index in [1.165, 1.54) is 51.3 Å². The normalized spacial score (nSPS) is 15.5. The highest BCUT2D eigenvalue weighted by molar-refractivity contribution is 14.0. The highest BCUT2D eigenvalue weighted by Gasteiger charge is 2.14. The maximum absolute atomic E-state index is 5.53. The van der Waals surface area contributed by atoms with Gasteiger partial charge in [0.1, 0.15) is 5.75 Å². The molecule has 0 aromatic heterocycles. The van der Waals surface area contributed by atoms with Crippen LogP contribution in [0.15, 0.2) is 29.3 Å². The van der Waals surface area contributed by atoms with Gasteiger partial charge >= 0.3 is 0 Å². The molecule has 6 nitrogen and oxygen atoms in total. The number of hydrogen-bond acceptors (Lipinski definition) is 4. The first-order chi connectivity index (χ1) is 14.2. The van der Waals surface area contributed by atoms with Gasteiger partial charge in [-0.1, -0.05) is 19.1 Å². The number of ether oxygens (including phenoxy) is 1. The second kappa shape index (κ2) is 15.7. The minimum atomic E-state index is 0. The SMILES string of the molecule is CCNC(=NCCCCN1CCN(CC)CC1)N(C)Cc1ccc(OCC)cc1.I. The Morgan fingerprint density at radius 1 is 1.03 bits per heavy atom. The van der Waals surface area contributed by atoms with Crippen LogP contribution in [-0.2, 0) is 6.54 Å². The minimum Gasteiger partial charge on any atom is -0.494 e. The smallest absolute Gasteiger partial charge is 0.193 e. The lowest BCUT2D eigenvalue weighted by Crippen LogP contribution is -2.46. The van der Waals surface area contributed by atoms with Crippen LogP contribution in [0, 0.1) is 0 Å². The molecule has 1 aromatic rings. The van der Waals surface area contributed by atoms with Gasteiger partial charge in [0.05, 0.1) is 6.61 Å². The monoisotopic (exact) mass is 531 g/mol. The second-order valence-corrected chi connectivity index (χ2v) is 7.65. The average molecular weight is 532 g/mol. The van der Waals surface area contributed by atoms with E-state index in [0.717, 1.165) is 37.8 Å². The summed E-state index contributed by atoms with van der Waals surface area (Å²) < 4.78 is 5.53. The topological polar surface area (TPSA) is 43.3 Å². The van der Waals surface area contributed by atoms with Crippen molar-refractivity contribution >= 4 is 29.9 Å². The number of rotatable bonds is 11. The Morgan fingerprint density at radius 3 is 2.30 bits per heavy atom. The zero-order chi connectivity index (χ0) is 20.9. The maximum Gasteiger partial charge on any atom is 0.193 e. The van der Waals surface area contributed by atoms with Crippen LogP contribution in [-0.4, -0.2) is 86.7 Å². The standard InChI is InChI=1S/C23H41N5O.HI/c1-5-24-23(26(4)20-21-10-12-22(13-11-21)29-7-3)25-14-8-9-15-28-18-16-27(6-2)17-19-28;/h10-13H,5-9,14-20H2,1-4H3,(H,24,25);1H. The summed E-state index contributed by atoms with van der Waals surface area (Å²) in [5.74, 6) is 1.91. The number of benzene rings is 1. The van der Waals surface area contributed by atoms with E-state index >= 15 is 0 Å². The first-order valence-corrected chi connectivity index (χ1v) is 11.3. The Labute approximate surface area is 201 Å². The number of nitrogens with zero attached hydrogens (tertiary/aromatic N) is 4. The van der Waals surface area contributed by atoms with Gasteiger partial charge in [-0.05, 0) is 57.5 Å². The summed E-state index contributed by atoms with van der Waals surface area (Å²) in [5.41, 5.74) is 1.26. The quantitative estimate of drug-likeness (QED) is 0.205. The largest absolute Gasteiger partial charge is 0.494 e. The minimum absolute atomic E-state index is 0. The third-order valence-corrected chi connectivity index (χ3v) is 5.41. The summed E-state index contributed by atoms with van der Waals surface area (Å²) in [6.45, 7) is 16.9. The predicted octanol–water partition coefficient (Wildman–Crippen LogP) is 3.52. The number of aliphatic imine (C=N–C) groups is 1. The molecule has 2 rings (SSSR count). The molecular weight excluding hydrogens is 489 g/mol. The van der Waals surface area contributed by atoms with Crippen LogP contribution in [0.4, 0.5) is 0 Å². The Morgan fingerprint density at radius 2 is 1.70 bits per heavy atom. The molecule has 0 aliphatic carbocycles. The Hall–Kier alpha value is -1.06. The summed E-state index contributed by atoms with van der Waals surface area (Å²) in [4.78, 5) is 12.2. The van der Waals surface area contributed by atoms with Crippen molar-refractivity contribution in [3.8, 4) is 5.75 Å². The van der Waals surface area contributed by atoms with E-state index in [0.29, 0.717) is 6.61 Å². The van der Waals surface area contributed by atoms with Crippen molar-refractivity contribution in [3.63, 3.8) is 0 Å². The lowest BCUT2D eigenvalue weighted by molar-refractivity contribution is 0.136. The van der Waals surface area contributed by atoms with Crippen molar-refractivity contribution in [2.45, 2.75) is 40.2 Å². The van der Waals surface area contributed by atoms with Crippen molar-refractivity contribution in [3.05, 3.63) is 29.8 Å². The van der Waals surface area contributed by atoms with Gasteiger partial charge in [-0.25, -0.2) is 0 Å². The molecule has 1 N–H and O–H groups in total. The number of unbranched alkanes of at least 4 members (excludes halogenated alkanes) is 1. The van der Waals surface area contributed by atoms with Gasteiger partial charge in [0, 0.05) is 52.9 Å². The van der Waals surface area contributed by atoms with Gasteiger partial charge < -0.3 is 24.8 Å². The van der Waals surface area contributed by atoms with Gasteiger partial charge in [0.2, 0.25) is 0 Å². The van der Waals surface area contributed by atoms with Crippen molar-refractivity contribution in [1.29, 1.82) is 0 Å². The van der Waals surface area contributed by atoms with Crippen molar-refractivity contribution in [1.82, 2.24) is 20.0 Å². The molecule has 1 aliphatic rings. The van der Waals surface area contributed by atoms with Gasteiger partial charge in [0.15, 0.2) is 5.96 Å². The summed E-state index contributed by atoms with van der Waals surface area (Å²) in [6, 6.07) is 8.33. The zero-order valence-electron chi connectivity index (χ0n) is 19.4. The molecule has 0 amide bonds. The lowest BCUT2D eigenvalue weighted by Gasteiger charge is -2.33. The summed E-state index contributed by atoms with van der Waals surface area (Å²) in [5, 5.41) is 3.42. The number of likely N-dealkylation sites (N-methyl/N-ethyl adjacent to an activating group) is 1. The van der Waals surface area contributed by atoms with E-state index in [1.807, 2.05) is 19.1 Å². The molecule has 0 bridgehead atoms. The highest BCUT2D eigenvalue weighted by Crippen LogP contribution is 2.13. The van der Waals surface area contributed by atoms with E-state index in [2.05, 4.69) is 53.0 Å². The van der Waals surface area contributed by atoms with Crippen molar-refractivity contribution < 1.29 is 4.74 Å². The predicted molar refractivity (Wildman–Crippen MR) is 138 cm³/mol. The molecule has 0 spiro atoms. The number of piperazine rings is 1. The van der Waals surface area contributed by atoms with E-state index in [9.17, 15) is 0 Å². The molecule has 0 radical (unpaired) electrons. The van der Waals surface area contributed by atoms with Crippen LogP contribution < -0.4 is 10.1 Å². The summed E-state index contributed by atoms with van der Waals surface area (Å²) in [7, 11) is 2.10. The highest BCUT2D eigenvalue weighted by atomic mass is 127. The third-order valence-electron chi connectivity index (χ3n) is 5.41. The number of hydrogen-bond donors (Lipinski definition) is 1. The molecule has 1 saturated heterocycles. The first kappa shape index (κ1) is 27.0. The van der Waals surface area contributed by atoms with E-state index in [1.54, 1.807) is 0 Å². The van der Waals surface area contributed by atoms with E-state index in [-0.39, 0.29) is 24.0 Å². The fourth-order valence-electron chi connectivity index (χ4n) is 3.64. The first-order valence-electron chi connectivity index (χ1n) is 11.3. The molecule has 0 atom stereocenters. The number of nitrogens with one attached hydrogen (secondary N) is 1. The van der Waals surface area contributed by atoms with Crippen LogP contribution in [0.1, 0.15) is 39.2 Å². The molecule has 1 fully saturated rings. The molecule has 30 heavy (non-hydrogen) atoms. The molecule has 7 heteroatoms. The van der Waals surface area contributed by atoms with Crippen LogP contribution in [0.2, 0.25) is 0 Å². The van der Waals surface area contributed by atoms with Gasteiger partial charge in [-0.3, -0.25) is 4.99 Å². The molecule has 0 saturated carbocycles. The number of guanidine groups is 1. The number of halogens is 1. The van der Waals surface area contributed by atoms with E-state index in [4.69, 9.17) is 9.73 Å². The average Bonchev–Trinajstić information content (AvgIpc) is 2.74. The van der Waals surface area contributed by atoms with Crippen LogP contribution in [0.5, 0.6) is 5.75 Å². The Kier molecular flexibility index (Phi) is 14.1. The fourth-order valence-corrected chi connectivity index (χ4v) is 3.64. The maximum atomic E-state index is 5.53. The Bertz CT molecular complexity index is 588. The molecular formula is C23H42IN5O. The zero-order valence-corrected chi connectivity index (χ0v) is 21.7. The molecule has 1 heterocycles. The van der Waals surface area contributed by atoms with Gasteiger partial charge in [-0.2, -0.15) is 0 Å². The van der Waals surface area contributed by atoms with Gasteiger partial charge in [-0.15, -0.1) is 24.0 Å². The molecule has 1 aliphatic heterocycles. The summed E-state index contributed by atoms with van der Waals surface area (Å²) in [6.07, 6.45) is 2.36. The second-order valence-electron chi connectivity index (χ2n) is 7.65. The van der Waals surface area contributed by atoms with Crippen LogP contribution in [0.3, 0.4) is 0 Å². The van der Waals surface area contributed by atoms with Crippen LogP contribution >= 0.6 is 24.0 Å². The van der Waals surface area contributed by atoms with Crippen molar-refractivity contribution in [2.24, 2.45) is 4.99 Å². The molecule has 1 aromatic carbocycles. The fraction of sp³-hybridized carbons (Fsp3) is 0.696. The van der Waals surface area contributed by atoms with Gasteiger partial charge in [0.25, 0.3) is 0 Å². The molecule has 172 valence electrons. The van der Waals surface area contributed by atoms with E-state index < -0.39 is 0 Å². The van der Waals surface area contributed by atoms with Crippen LogP contribution in [0.25, 0.3) is 0 Å². The third kappa shape index (κ3) is 9.83. The van der Waals surface area contributed by atoms with Crippen molar-refractivity contribution in [2.75, 3.05) is 66.0 Å².